The zero-order valence-corrected chi connectivity index (χ0v) is 41.0. The molecule has 1 aromatic heterocycles. The second kappa shape index (κ2) is 17.0. The van der Waals surface area contributed by atoms with Gasteiger partial charge in [0.25, 0.3) is 0 Å². The summed E-state index contributed by atoms with van der Waals surface area (Å²) in [6.45, 7) is 18.0. The molecule has 0 aliphatic carbocycles. The highest BCUT2D eigenvalue weighted by molar-refractivity contribution is 6.32. The van der Waals surface area contributed by atoms with Crippen molar-refractivity contribution in [1.29, 1.82) is 0 Å². The van der Waals surface area contributed by atoms with Crippen molar-refractivity contribution in [2.75, 3.05) is 9.80 Å². The van der Waals surface area contributed by atoms with E-state index in [9.17, 15) is 0 Å². The molecule has 0 fully saturated rings. The van der Waals surface area contributed by atoms with Crippen molar-refractivity contribution in [2.24, 2.45) is 0 Å². The van der Waals surface area contributed by atoms with Crippen LogP contribution in [-0.2, 0) is 10.8 Å². The topological polar surface area (TPSA) is 11.4 Å². The van der Waals surface area contributed by atoms with Crippen LogP contribution in [0.25, 0.3) is 60.2 Å². The van der Waals surface area contributed by atoms with Gasteiger partial charge in [-0.2, -0.15) is 0 Å². The lowest BCUT2D eigenvalue weighted by atomic mass is 9.87. The van der Waals surface area contributed by atoms with Crippen LogP contribution in [0.2, 0.25) is 0 Å². The van der Waals surface area contributed by atoms with Gasteiger partial charge in [0.15, 0.2) is 0 Å². The Morgan fingerprint density at radius 2 is 0.696 bits per heavy atom. The van der Waals surface area contributed by atoms with Gasteiger partial charge >= 0.3 is 0 Å². The van der Waals surface area contributed by atoms with Crippen LogP contribution in [0.4, 0.5) is 34.1 Å². The number of nitrogens with zero attached hydrogens (tertiary/aromatic N) is 3. The largest absolute Gasteiger partial charge is 0.310 e. The number of aromatic nitrogens is 1. The standard InChI is InChI=1S/C66H59N3/c1-44-25-33-50(34-26-44)67(52-37-29-48(30-38-52)65(3,4)5)59-42-61-63(57-23-14-12-21-55(57)59)64-58-24-15-13-22-56(58)60(43-62(64)69(61)54-20-16-19-47(41-54)46-17-10-9-11-18-46)68(51-35-27-45(2)28-36-51)53-39-31-49(32-40-53)66(6,7)8/h9-43H,1-8H3. The number of hydrogen-bond acceptors (Lipinski definition) is 2. The molecule has 3 nitrogen and oxygen atoms in total. The summed E-state index contributed by atoms with van der Waals surface area (Å²) >= 11 is 0. The third-order valence-electron chi connectivity index (χ3n) is 14.0. The fourth-order valence-corrected chi connectivity index (χ4v) is 10.3. The summed E-state index contributed by atoms with van der Waals surface area (Å²) in [4.78, 5) is 4.92. The smallest absolute Gasteiger partial charge is 0.0568 e. The first kappa shape index (κ1) is 43.7. The lowest BCUT2D eigenvalue weighted by molar-refractivity contribution is 0.590. The Bertz CT molecular complexity index is 3460. The Hall–Kier alpha value is -7.88. The molecule has 0 aliphatic rings. The Kier molecular flexibility index (Phi) is 10.8. The van der Waals surface area contributed by atoms with E-state index in [-0.39, 0.29) is 10.8 Å². The molecule has 0 N–H and O–H groups in total. The van der Waals surface area contributed by atoms with Gasteiger partial charge in [0.2, 0.25) is 0 Å². The minimum atomic E-state index is 0.0284. The minimum absolute atomic E-state index is 0.0284. The van der Waals surface area contributed by atoms with Crippen LogP contribution < -0.4 is 9.80 Å². The summed E-state index contributed by atoms with van der Waals surface area (Å²) in [5.41, 5.74) is 17.6. The quantitative estimate of drug-likeness (QED) is 0.151. The van der Waals surface area contributed by atoms with Crippen LogP contribution in [0.15, 0.2) is 212 Å². The van der Waals surface area contributed by atoms with Gasteiger partial charge in [0.1, 0.15) is 0 Å². The first-order chi connectivity index (χ1) is 33.3. The van der Waals surface area contributed by atoms with Crippen molar-refractivity contribution < 1.29 is 0 Å². The van der Waals surface area contributed by atoms with Crippen molar-refractivity contribution in [3.63, 3.8) is 0 Å². The van der Waals surface area contributed by atoms with Gasteiger partial charge in [-0.05, 0) is 131 Å². The van der Waals surface area contributed by atoms with Gasteiger partial charge in [-0.15, -0.1) is 0 Å². The Balaban J connectivity index is 1.28. The molecule has 0 amide bonds. The molecular formula is C66H59N3. The molecule has 338 valence electrons. The molecular weight excluding hydrogens is 835 g/mol. The molecule has 0 saturated carbocycles. The van der Waals surface area contributed by atoms with Gasteiger partial charge in [0.05, 0.1) is 22.4 Å². The number of aryl methyl sites for hydroxylation is 2. The lowest BCUT2D eigenvalue weighted by Gasteiger charge is -2.28. The number of rotatable bonds is 8. The first-order valence-electron chi connectivity index (χ1n) is 24.3. The van der Waals surface area contributed by atoms with E-state index < -0.39 is 0 Å². The summed E-state index contributed by atoms with van der Waals surface area (Å²) in [5.74, 6) is 0. The average Bonchev–Trinajstić information content (AvgIpc) is 3.70. The Labute approximate surface area is 407 Å². The normalized spacial score (nSPS) is 12.1. The number of anilines is 6. The third-order valence-corrected chi connectivity index (χ3v) is 14.0. The van der Waals surface area contributed by atoms with Crippen molar-refractivity contribution in [3.8, 4) is 16.8 Å². The van der Waals surface area contributed by atoms with Crippen LogP contribution in [0.3, 0.4) is 0 Å². The molecule has 3 heteroatoms. The van der Waals surface area contributed by atoms with E-state index in [0.29, 0.717) is 0 Å². The predicted molar refractivity (Wildman–Crippen MR) is 297 cm³/mol. The van der Waals surface area contributed by atoms with E-state index in [1.807, 2.05) is 0 Å². The van der Waals surface area contributed by atoms with Crippen molar-refractivity contribution in [2.45, 2.75) is 66.2 Å². The zero-order valence-electron chi connectivity index (χ0n) is 41.0. The third kappa shape index (κ3) is 7.92. The predicted octanol–water partition coefficient (Wildman–Crippen LogP) is 18.9. The SMILES string of the molecule is Cc1ccc(N(c2ccc(C(C)(C)C)cc2)c2cc3c(c4ccccc24)c2c4ccccc4c(N(c4ccc(C)cc4)c4ccc(C(C)(C)C)cc4)cc2n3-c2cccc(-c3ccccc3)c2)cc1. The van der Waals surface area contributed by atoms with Crippen molar-refractivity contribution in [1.82, 2.24) is 4.57 Å². The first-order valence-corrected chi connectivity index (χ1v) is 24.3. The van der Waals surface area contributed by atoms with Crippen LogP contribution in [-0.4, -0.2) is 4.57 Å². The fourth-order valence-electron chi connectivity index (χ4n) is 10.3. The number of fused-ring (bicyclic) bond motifs is 7. The summed E-state index contributed by atoms with van der Waals surface area (Å²) < 4.78 is 2.54. The van der Waals surface area contributed by atoms with Crippen LogP contribution in [0.5, 0.6) is 0 Å². The van der Waals surface area contributed by atoms with E-state index in [1.165, 1.54) is 65.7 Å². The molecule has 69 heavy (non-hydrogen) atoms. The molecule has 0 atom stereocenters. The molecule has 0 aliphatic heterocycles. The van der Waals surface area contributed by atoms with Gasteiger partial charge < -0.3 is 14.4 Å². The number of benzene rings is 10. The van der Waals surface area contributed by atoms with Gasteiger partial charge in [-0.3, -0.25) is 0 Å². The summed E-state index contributed by atoms with van der Waals surface area (Å²) in [5, 5.41) is 7.28. The second-order valence-corrected chi connectivity index (χ2v) is 20.9. The Morgan fingerprint density at radius 3 is 1.10 bits per heavy atom. The van der Waals surface area contributed by atoms with Crippen molar-refractivity contribution in [3.05, 3.63) is 235 Å². The number of hydrogen-bond donors (Lipinski definition) is 0. The molecule has 10 aromatic carbocycles. The van der Waals surface area contributed by atoms with Crippen LogP contribution >= 0.6 is 0 Å². The Morgan fingerprint density at radius 1 is 0.333 bits per heavy atom. The van der Waals surface area contributed by atoms with Gasteiger partial charge in [0, 0.05) is 50.0 Å². The maximum atomic E-state index is 2.54. The van der Waals surface area contributed by atoms with Gasteiger partial charge in [-0.25, -0.2) is 0 Å². The van der Waals surface area contributed by atoms with Gasteiger partial charge in [-0.1, -0.05) is 192 Å². The highest BCUT2D eigenvalue weighted by atomic mass is 15.2. The molecule has 0 radical (unpaired) electrons. The minimum Gasteiger partial charge on any atom is -0.310 e. The van der Waals surface area contributed by atoms with E-state index in [4.69, 9.17) is 0 Å². The molecule has 0 bridgehead atoms. The maximum Gasteiger partial charge on any atom is 0.0568 e. The summed E-state index contributed by atoms with van der Waals surface area (Å²) in [6.07, 6.45) is 0. The molecule has 0 saturated heterocycles. The lowest BCUT2D eigenvalue weighted by Crippen LogP contribution is -2.13. The maximum absolute atomic E-state index is 2.54. The van der Waals surface area contributed by atoms with Crippen molar-refractivity contribution >= 4 is 77.5 Å². The van der Waals surface area contributed by atoms with E-state index in [2.05, 4.69) is 282 Å². The highest BCUT2D eigenvalue weighted by Gasteiger charge is 2.27. The monoisotopic (exact) mass is 893 g/mol. The molecule has 11 rings (SSSR count). The highest BCUT2D eigenvalue weighted by Crippen LogP contribution is 2.50. The molecule has 0 unspecified atom stereocenters. The van der Waals surface area contributed by atoms with E-state index >= 15 is 0 Å². The second-order valence-electron chi connectivity index (χ2n) is 20.9. The van der Waals surface area contributed by atoms with Crippen LogP contribution in [0, 0.1) is 13.8 Å². The molecule has 1 heterocycles. The van der Waals surface area contributed by atoms with Crippen LogP contribution in [0.1, 0.15) is 63.8 Å². The van der Waals surface area contributed by atoms with E-state index in [1.54, 1.807) is 0 Å². The fraction of sp³-hybridized carbons (Fsp3) is 0.152. The average molecular weight is 894 g/mol. The van der Waals surface area contributed by atoms with E-state index in [0.717, 1.165) is 50.8 Å². The summed E-state index contributed by atoms with van der Waals surface area (Å²) in [6, 6.07) is 79.2. The molecule has 0 spiro atoms. The summed E-state index contributed by atoms with van der Waals surface area (Å²) in [7, 11) is 0. The zero-order chi connectivity index (χ0) is 47.6. The molecule has 11 aromatic rings.